The maximum atomic E-state index is 13.7. The van der Waals surface area contributed by atoms with Gasteiger partial charge < -0.3 is 0 Å². The standard InChI is InChI=1S/C11H3F11/c1-8(16)9(17,18)2-3(10(19,20)11(8,21)22)5(13)7(15)6(14)4(2)12/h1H3. The number of alkyl halides is 7. The van der Waals surface area contributed by atoms with E-state index in [2.05, 4.69) is 0 Å². The summed E-state index contributed by atoms with van der Waals surface area (Å²) in [5.74, 6) is -30.2. The van der Waals surface area contributed by atoms with Crippen molar-refractivity contribution < 1.29 is 48.3 Å². The summed E-state index contributed by atoms with van der Waals surface area (Å²) in [6.07, 6.45) is 0. The summed E-state index contributed by atoms with van der Waals surface area (Å²) in [7, 11) is 0. The molecule has 0 spiro atoms. The van der Waals surface area contributed by atoms with Gasteiger partial charge in [0.25, 0.3) is 0 Å². The number of fused-ring (bicyclic) bond motifs is 1. The lowest BCUT2D eigenvalue weighted by molar-refractivity contribution is -0.340. The molecule has 1 aliphatic rings. The summed E-state index contributed by atoms with van der Waals surface area (Å²) in [5.41, 5.74) is -11.5. The van der Waals surface area contributed by atoms with E-state index in [-0.39, 0.29) is 0 Å². The SMILES string of the molecule is CC1(F)C(F)(F)c2c(F)c(F)c(F)c(F)c2C(F)(F)C1(F)F. The monoisotopic (exact) mass is 344 g/mol. The van der Waals surface area contributed by atoms with Gasteiger partial charge in [0, 0.05) is 0 Å². The first-order valence-electron chi connectivity index (χ1n) is 5.33. The van der Waals surface area contributed by atoms with E-state index in [1.807, 2.05) is 0 Å². The third kappa shape index (κ3) is 1.49. The third-order valence-corrected chi connectivity index (χ3v) is 3.47. The molecule has 0 bridgehead atoms. The van der Waals surface area contributed by atoms with E-state index >= 15 is 0 Å². The van der Waals surface area contributed by atoms with Crippen LogP contribution >= 0.6 is 0 Å². The molecule has 0 aliphatic heterocycles. The molecule has 0 amide bonds. The zero-order valence-corrected chi connectivity index (χ0v) is 10.2. The van der Waals surface area contributed by atoms with E-state index in [1.54, 1.807) is 0 Å². The molecule has 0 nitrogen and oxygen atoms in total. The number of rotatable bonds is 0. The lowest BCUT2D eigenvalue weighted by atomic mass is 9.73. The molecule has 0 aromatic heterocycles. The largest absolute Gasteiger partial charge is 0.353 e. The van der Waals surface area contributed by atoms with Gasteiger partial charge in [-0.25, -0.2) is 22.0 Å². The lowest BCUT2D eigenvalue weighted by Gasteiger charge is -2.45. The van der Waals surface area contributed by atoms with Crippen molar-refractivity contribution in [2.75, 3.05) is 0 Å². The minimum absolute atomic E-state index is 0.678. The molecule has 1 aliphatic carbocycles. The van der Waals surface area contributed by atoms with Gasteiger partial charge in [-0.15, -0.1) is 0 Å². The molecule has 11 heteroatoms. The minimum atomic E-state index is -6.23. The van der Waals surface area contributed by atoms with Gasteiger partial charge in [-0.1, -0.05) is 0 Å². The second kappa shape index (κ2) is 4.05. The van der Waals surface area contributed by atoms with Gasteiger partial charge in [0.1, 0.15) is 0 Å². The van der Waals surface area contributed by atoms with Crippen molar-refractivity contribution in [3.8, 4) is 0 Å². The molecule has 0 N–H and O–H groups in total. The average Bonchev–Trinajstić information content (AvgIpc) is 2.37. The van der Waals surface area contributed by atoms with Crippen molar-refractivity contribution in [3.05, 3.63) is 34.4 Å². The van der Waals surface area contributed by atoms with Crippen LogP contribution in [-0.4, -0.2) is 11.6 Å². The van der Waals surface area contributed by atoms with Crippen LogP contribution in [-0.2, 0) is 11.8 Å². The maximum Gasteiger partial charge on any atom is 0.353 e. The van der Waals surface area contributed by atoms with Gasteiger partial charge in [-0.3, -0.25) is 0 Å². The normalized spacial score (nSPS) is 28.4. The highest BCUT2D eigenvalue weighted by Gasteiger charge is 2.83. The van der Waals surface area contributed by atoms with E-state index in [1.165, 1.54) is 0 Å². The molecule has 2 rings (SSSR count). The number of benzene rings is 1. The molecule has 0 fully saturated rings. The summed E-state index contributed by atoms with van der Waals surface area (Å²) in [4.78, 5) is 0. The van der Waals surface area contributed by atoms with Crippen LogP contribution in [0.15, 0.2) is 0 Å². The molecular weight excluding hydrogens is 341 g/mol. The summed E-state index contributed by atoms with van der Waals surface area (Å²) in [6.45, 7) is -0.678. The second-order valence-electron chi connectivity index (χ2n) is 4.73. The van der Waals surface area contributed by atoms with Crippen molar-refractivity contribution in [1.29, 1.82) is 0 Å². The Kier molecular flexibility index (Phi) is 3.09. The van der Waals surface area contributed by atoms with E-state index in [0.717, 1.165) is 0 Å². The molecule has 1 atom stereocenters. The van der Waals surface area contributed by atoms with E-state index < -0.39 is 64.8 Å². The topological polar surface area (TPSA) is 0 Å². The average molecular weight is 344 g/mol. The minimum Gasteiger partial charge on any atom is -0.230 e. The Hall–Kier alpha value is -1.55. The molecule has 0 saturated carbocycles. The Morgan fingerprint density at radius 2 is 0.864 bits per heavy atom. The fraction of sp³-hybridized carbons (Fsp3) is 0.455. The van der Waals surface area contributed by atoms with Crippen molar-refractivity contribution in [2.45, 2.75) is 30.4 Å². The first-order chi connectivity index (χ1) is 9.64. The van der Waals surface area contributed by atoms with Gasteiger partial charge in [-0.05, 0) is 6.92 Å². The Morgan fingerprint density at radius 3 is 1.23 bits per heavy atom. The van der Waals surface area contributed by atoms with Gasteiger partial charge in [0.2, 0.25) is 5.67 Å². The zero-order chi connectivity index (χ0) is 17.5. The van der Waals surface area contributed by atoms with E-state index in [4.69, 9.17) is 0 Å². The lowest BCUT2D eigenvalue weighted by Crippen LogP contribution is -2.65. The Balaban J connectivity index is 3.11. The van der Waals surface area contributed by atoms with Crippen molar-refractivity contribution in [1.82, 2.24) is 0 Å². The quantitative estimate of drug-likeness (QED) is 0.360. The maximum absolute atomic E-state index is 13.7. The Labute approximate surface area is 114 Å². The fourth-order valence-electron chi connectivity index (χ4n) is 2.11. The zero-order valence-electron chi connectivity index (χ0n) is 10.2. The highest BCUT2D eigenvalue weighted by atomic mass is 19.3. The summed E-state index contributed by atoms with van der Waals surface area (Å²) in [6, 6.07) is 0. The molecule has 124 valence electrons. The predicted molar refractivity (Wildman–Crippen MR) is 48.5 cm³/mol. The van der Waals surface area contributed by atoms with Crippen LogP contribution in [0.3, 0.4) is 0 Å². The molecule has 22 heavy (non-hydrogen) atoms. The van der Waals surface area contributed by atoms with Crippen molar-refractivity contribution in [3.63, 3.8) is 0 Å². The summed E-state index contributed by atoms with van der Waals surface area (Å²) in [5, 5.41) is 0. The molecule has 0 saturated heterocycles. The number of hydrogen-bond acceptors (Lipinski definition) is 0. The van der Waals surface area contributed by atoms with Crippen LogP contribution in [0.25, 0.3) is 0 Å². The molecule has 0 radical (unpaired) electrons. The number of hydrogen-bond donors (Lipinski definition) is 0. The Bertz CT molecular complexity index is 602. The molecule has 1 unspecified atom stereocenters. The molecule has 1 aromatic carbocycles. The van der Waals surface area contributed by atoms with Crippen molar-refractivity contribution in [2.24, 2.45) is 0 Å². The van der Waals surface area contributed by atoms with Gasteiger partial charge in [0.05, 0.1) is 11.1 Å². The second-order valence-corrected chi connectivity index (χ2v) is 4.73. The van der Waals surface area contributed by atoms with Crippen LogP contribution < -0.4 is 0 Å². The third-order valence-electron chi connectivity index (χ3n) is 3.47. The predicted octanol–water partition coefficient (Wildman–Crippen LogP) is 4.80. The van der Waals surface area contributed by atoms with Crippen LogP contribution in [0.4, 0.5) is 48.3 Å². The smallest absolute Gasteiger partial charge is 0.230 e. The van der Waals surface area contributed by atoms with E-state index in [9.17, 15) is 48.3 Å². The van der Waals surface area contributed by atoms with E-state index in [0.29, 0.717) is 0 Å². The van der Waals surface area contributed by atoms with Crippen LogP contribution in [0.5, 0.6) is 0 Å². The van der Waals surface area contributed by atoms with Gasteiger partial charge in [-0.2, -0.15) is 26.3 Å². The Morgan fingerprint density at radius 1 is 0.545 bits per heavy atom. The first kappa shape index (κ1) is 16.8. The molecule has 1 aromatic rings. The summed E-state index contributed by atoms with van der Waals surface area (Å²) >= 11 is 0. The van der Waals surface area contributed by atoms with Crippen LogP contribution in [0, 0.1) is 23.3 Å². The van der Waals surface area contributed by atoms with Crippen molar-refractivity contribution >= 4 is 0 Å². The van der Waals surface area contributed by atoms with Gasteiger partial charge >= 0.3 is 17.8 Å². The van der Waals surface area contributed by atoms with Gasteiger partial charge in [0.15, 0.2) is 23.3 Å². The highest BCUT2D eigenvalue weighted by Crippen LogP contribution is 2.64. The number of halogens is 11. The highest BCUT2D eigenvalue weighted by molar-refractivity contribution is 5.46. The molecule has 0 heterocycles. The molecular formula is C11H3F11. The first-order valence-corrected chi connectivity index (χ1v) is 5.33. The fourth-order valence-corrected chi connectivity index (χ4v) is 2.11. The van der Waals surface area contributed by atoms with Crippen LogP contribution in [0.1, 0.15) is 18.1 Å². The van der Waals surface area contributed by atoms with Crippen LogP contribution in [0.2, 0.25) is 0 Å². The summed E-state index contributed by atoms with van der Waals surface area (Å²) < 4.78 is 147.